The topological polar surface area (TPSA) is 49.4 Å². The normalized spacial score (nSPS) is 11.8. The van der Waals surface area contributed by atoms with Gasteiger partial charge in [0.25, 0.3) is 0 Å². The highest BCUT2D eigenvalue weighted by molar-refractivity contribution is 8.00. The van der Waals surface area contributed by atoms with E-state index in [0.717, 1.165) is 16.0 Å². The van der Waals surface area contributed by atoms with Crippen LogP contribution in [0.2, 0.25) is 10.0 Å². The second kappa shape index (κ2) is 13.6. The Balaban J connectivity index is 1.89. The SMILES string of the molecule is CC(C)CNC(=O)C(Cc1ccccc1)N(Cc1cccc(Cl)c1)C(=O)CSc1ccc(Cl)cc1. The van der Waals surface area contributed by atoms with Gasteiger partial charge >= 0.3 is 0 Å². The lowest BCUT2D eigenvalue weighted by Gasteiger charge is -2.32. The third kappa shape index (κ3) is 8.92. The third-order valence-electron chi connectivity index (χ3n) is 5.37. The van der Waals surface area contributed by atoms with Gasteiger partial charge in [-0.3, -0.25) is 9.59 Å². The molecule has 3 aromatic carbocycles. The second-order valence-electron chi connectivity index (χ2n) is 8.74. The van der Waals surface area contributed by atoms with Crippen molar-refractivity contribution in [3.8, 4) is 0 Å². The molecule has 184 valence electrons. The van der Waals surface area contributed by atoms with Crippen LogP contribution in [0.5, 0.6) is 0 Å². The first kappa shape index (κ1) is 27.1. The summed E-state index contributed by atoms with van der Waals surface area (Å²) in [6, 6.07) is 23.9. The summed E-state index contributed by atoms with van der Waals surface area (Å²) < 4.78 is 0. The molecule has 0 bridgehead atoms. The van der Waals surface area contributed by atoms with Crippen LogP contribution in [-0.4, -0.2) is 35.1 Å². The Hall–Kier alpha value is -2.47. The van der Waals surface area contributed by atoms with Gasteiger partial charge in [0.2, 0.25) is 11.8 Å². The Bertz CT molecular complexity index is 1110. The fourth-order valence-corrected chi connectivity index (χ4v) is 4.69. The molecule has 0 heterocycles. The molecule has 0 saturated carbocycles. The van der Waals surface area contributed by atoms with Crippen molar-refractivity contribution in [2.24, 2.45) is 5.92 Å². The third-order valence-corrected chi connectivity index (χ3v) is 6.86. The number of nitrogens with zero attached hydrogens (tertiary/aromatic N) is 1. The Morgan fingerprint density at radius 1 is 0.886 bits per heavy atom. The minimum Gasteiger partial charge on any atom is -0.354 e. The maximum absolute atomic E-state index is 13.6. The summed E-state index contributed by atoms with van der Waals surface area (Å²) in [5.41, 5.74) is 1.86. The monoisotopic (exact) mass is 528 g/mol. The molecule has 0 fully saturated rings. The van der Waals surface area contributed by atoms with Crippen LogP contribution in [0.3, 0.4) is 0 Å². The van der Waals surface area contributed by atoms with Crippen molar-refractivity contribution in [1.82, 2.24) is 10.2 Å². The van der Waals surface area contributed by atoms with E-state index in [-0.39, 0.29) is 24.1 Å². The van der Waals surface area contributed by atoms with Crippen LogP contribution in [0.15, 0.2) is 83.8 Å². The molecule has 0 spiro atoms. The van der Waals surface area contributed by atoms with E-state index < -0.39 is 6.04 Å². The van der Waals surface area contributed by atoms with Gasteiger partial charge in [0.1, 0.15) is 6.04 Å². The number of hydrogen-bond donors (Lipinski definition) is 1. The van der Waals surface area contributed by atoms with E-state index in [1.807, 2.05) is 74.5 Å². The van der Waals surface area contributed by atoms with Crippen molar-refractivity contribution >= 4 is 46.8 Å². The average Bonchev–Trinajstić information content (AvgIpc) is 2.85. The first-order valence-electron chi connectivity index (χ1n) is 11.6. The van der Waals surface area contributed by atoms with Crippen LogP contribution in [0, 0.1) is 5.92 Å². The van der Waals surface area contributed by atoms with Gasteiger partial charge in [0, 0.05) is 34.5 Å². The lowest BCUT2D eigenvalue weighted by Crippen LogP contribution is -2.51. The standard InChI is InChI=1S/C28H30Cl2N2O2S/c1-20(2)17-31-28(34)26(16-21-7-4-3-5-8-21)32(18-22-9-6-10-24(30)15-22)27(33)19-35-25-13-11-23(29)12-14-25/h3-15,20,26H,16-19H2,1-2H3,(H,31,34). The number of thioether (sulfide) groups is 1. The van der Waals surface area contributed by atoms with Gasteiger partial charge < -0.3 is 10.2 Å². The van der Waals surface area contributed by atoms with Gasteiger partial charge in [-0.2, -0.15) is 0 Å². The summed E-state index contributed by atoms with van der Waals surface area (Å²) in [6.07, 6.45) is 0.419. The number of nitrogens with one attached hydrogen (secondary N) is 1. The molecule has 0 saturated heterocycles. The Labute approximate surface area is 222 Å². The fraction of sp³-hybridized carbons (Fsp3) is 0.286. The number of rotatable bonds is 11. The van der Waals surface area contributed by atoms with Crippen LogP contribution in [0.1, 0.15) is 25.0 Å². The highest BCUT2D eigenvalue weighted by Gasteiger charge is 2.30. The Morgan fingerprint density at radius 2 is 1.57 bits per heavy atom. The molecule has 1 N–H and O–H groups in total. The zero-order valence-electron chi connectivity index (χ0n) is 19.9. The van der Waals surface area contributed by atoms with Gasteiger partial charge in [0.05, 0.1) is 5.75 Å². The van der Waals surface area contributed by atoms with Gasteiger partial charge in [-0.1, -0.05) is 79.5 Å². The van der Waals surface area contributed by atoms with Gasteiger partial charge in [-0.25, -0.2) is 0 Å². The molecule has 0 aliphatic heterocycles. The molecule has 7 heteroatoms. The number of carbonyl (C=O) groups is 2. The van der Waals surface area contributed by atoms with Crippen LogP contribution in [0.4, 0.5) is 0 Å². The van der Waals surface area contributed by atoms with Crippen molar-refractivity contribution in [2.45, 2.75) is 37.8 Å². The summed E-state index contributed by atoms with van der Waals surface area (Å²) in [5.74, 6) is 0.221. The highest BCUT2D eigenvalue weighted by atomic mass is 35.5. The Kier molecular flexibility index (Phi) is 10.5. The zero-order chi connectivity index (χ0) is 25.2. The molecule has 1 atom stereocenters. The lowest BCUT2D eigenvalue weighted by molar-refractivity contribution is -0.139. The largest absolute Gasteiger partial charge is 0.354 e. The van der Waals surface area contributed by atoms with Crippen LogP contribution in [-0.2, 0) is 22.6 Å². The van der Waals surface area contributed by atoms with Gasteiger partial charge in [0.15, 0.2) is 0 Å². The summed E-state index contributed by atoms with van der Waals surface area (Å²) in [7, 11) is 0. The highest BCUT2D eigenvalue weighted by Crippen LogP contribution is 2.23. The maximum Gasteiger partial charge on any atom is 0.243 e. The van der Waals surface area contributed by atoms with E-state index in [4.69, 9.17) is 23.2 Å². The number of amides is 2. The number of halogens is 2. The molecule has 3 rings (SSSR count). The number of carbonyl (C=O) groups excluding carboxylic acids is 2. The molecule has 0 aliphatic rings. The van der Waals surface area contributed by atoms with Crippen LogP contribution < -0.4 is 5.32 Å². The molecule has 4 nitrogen and oxygen atoms in total. The van der Waals surface area contributed by atoms with Gasteiger partial charge in [-0.05, 0) is 53.4 Å². The molecule has 2 amide bonds. The molecular formula is C28H30Cl2N2O2S. The summed E-state index contributed by atoms with van der Waals surface area (Å²) in [4.78, 5) is 29.6. The average molecular weight is 530 g/mol. The van der Waals surface area contributed by atoms with E-state index in [1.165, 1.54) is 11.8 Å². The first-order valence-corrected chi connectivity index (χ1v) is 13.3. The molecule has 3 aromatic rings. The predicted octanol–water partition coefficient (Wildman–Crippen LogP) is 6.50. The molecule has 1 unspecified atom stereocenters. The second-order valence-corrected chi connectivity index (χ2v) is 10.7. The first-order chi connectivity index (χ1) is 16.8. The van der Waals surface area contributed by atoms with Crippen LogP contribution >= 0.6 is 35.0 Å². The van der Waals surface area contributed by atoms with Crippen molar-refractivity contribution in [1.29, 1.82) is 0 Å². The van der Waals surface area contributed by atoms with Crippen molar-refractivity contribution in [3.63, 3.8) is 0 Å². The van der Waals surface area contributed by atoms with E-state index in [0.29, 0.717) is 28.9 Å². The van der Waals surface area contributed by atoms with E-state index >= 15 is 0 Å². The fourth-order valence-electron chi connectivity index (χ4n) is 3.57. The molecular weight excluding hydrogens is 499 g/mol. The lowest BCUT2D eigenvalue weighted by atomic mass is 10.0. The maximum atomic E-state index is 13.6. The van der Waals surface area contributed by atoms with E-state index in [1.54, 1.807) is 23.1 Å². The van der Waals surface area contributed by atoms with Crippen molar-refractivity contribution in [3.05, 3.63) is 100 Å². The summed E-state index contributed by atoms with van der Waals surface area (Å²) >= 11 is 13.6. The van der Waals surface area contributed by atoms with Crippen molar-refractivity contribution in [2.75, 3.05) is 12.3 Å². The quantitative estimate of drug-likeness (QED) is 0.289. The van der Waals surface area contributed by atoms with Crippen LogP contribution in [0.25, 0.3) is 0 Å². The number of benzene rings is 3. The summed E-state index contributed by atoms with van der Waals surface area (Å²) in [5, 5.41) is 4.27. The number of hydrogen-bond acceptors (Lipinski definition) is 3. The molecule has 35 heavy (non-hydrogen) atoms. The Morgan fingerprint density at radius 3 is 2.23 bits per heavy atom. The van der Waals surface area contributed by atoms with Gasteiger partial charge in [-0.15, -0.1) is 11.8 Å². The smallest absolute Gasteiger partial charge is 0.243 e. The predicted molar refractivity (Wildman–Crippen MR) is 146 cm³/mol. The van der Waals surface area contributed by atoms with E-state index in [2.05, 4.69) is 5.32 Å². The molecule has 0 radical (unpaired) electrons. The molecule has 0 aromatic heterocycles. The summed E-state index contributed by atoms with van der Waals surface area (Å²) in [6.45, 7) is 4.92. The zero-order valence-corrected chi connectivity index (χ0v) is 22.2. The van der Waals surface area contributed by atoms with E-state index in [9.17, 15) is 9.59 Å². The van der Waals surface area contributed by atoms with Crippen molar-refractivity contribution < 1.29 is 9.59 Å². The minimum atomic E-state index is -0.659. The molecule has 0 aliphatic carbocycles. The minimum absolute atomic E-state index is 0.120.